The third-order valence-corrected chi connectivity index (χ3v) is 9.05. The molecule has 44 heavy (non-hydrogen) atoms. The molecule has 0 aliphatic carbocycles. The molecule has 0 spiro atoms. The van der Waals surface area contributed by atoms with Crippen LogP contribution in [-0.4, -0.2) is 64.1 Å². The summed E-state index contributed by atoms with van der Waals surface area (Å²) >= 11 is 9.19. The first-order valence-corrected chi connectivity index (χ1v) is 16.4. The first kappa shape index (κ1) is 31.6. The van der Waals surface area contributed by atoms with Gasteiger partial charge in [-0.1, -0.05) is 65.8 Å². The maximum Gasteiger partial charge on any atom is 0.356 e. The van der Waals surface area contributed by atoms with E-state index in [1.54, 1.807) is 6.08 Å². The number of nitrogens with one attached hydrogen (secondary N) is 2. The molecule has 226 valence electrons. The van der Waals surface area contributed by atoms with Crippen molar-refractivity contribution in [3.05, 3.63) is 104 Å². The minimum absolute atomic E-state index is 0.0902. The highest BCUT2D eigenvalue weighted by Crippen LogP contribution is 2.42. The van der Waals surface area contributed by atoms with Crippen LogP contribution >= 0.6 is 55.0 Å². The van der Waals surface area contributed by atoms with Crippen molar-refractivity contribution in [2.75, 3.05) is 18.2 Å². The highest BCUT2D eigenvalue weighted by atomic mass is 79.9. The van der Waals surface area contributed by atoms with Gasteiger partial charge in [0.1, 0.15) is 29.9 Å². The lowest BCUT2D eigenvalue weighted by Gasteiger charge is -2.49. The topological polar surface area (TPSA) is 139 Å². The van der Waals surface area contributed by atoms with E-state index in [9.17, 15) is 19.2 Å². The molecule has 1 fully saturated rings. The third kappa shape index (κ3) is 6.80. The average molecular weight is 761 g/mol. The van der Waals surface area contributed by atoms with Crippen molar-refractivity contribution in [1.82, 2.24) is 15.2 Å². The van der Waals surface area contributed by atoms with Crippen molar-refractivity contribution in [3.8, 4) is 0 Å². The van der Waals surface area contributed by atoms with E-state index in [0.717, 1.165) is 22.5 Å². The normalized spacial score (nSPS) is 17.8. The molecule has 1 aromatic heterocycles. The Balaban J connectivity index is 1.41. The number of hydrogen-bond acceptors (Lipinski definition) is 10. The van der Waals surface area contributed by atoms with Crippen LogP contribution < -0.4 is 10.6 Å². The van der Waals surface area contributed by atoms with Crippen molar-refractivity contribution in [1.29, 1.82) is 0 Å². The highest BCUT2D eigenvalue weighted by molar-refractivity contribution is 9.28. The van der Waals surface area contributed by atoms with Gasteiger partial charge in [0, 0.05) is 11.1 Å². The van der Waals surface area contributed by atoms with Gasteiger partial charge in [0.15, 0.2) is 16.9 Å². The third-order valence-electron chi connectivity index (χ3n) is 6.52. The number of hydrogen-bond donors (Lipinski definition) is 2. The number of aromatic nitrogens is 1. The van der Waals surface area contributed by atoms with Crippen LogP contribution in [0.25, 0.3) is 0 Å². The number of β-lactam (4-membered cyclic amide) rings is 1. The number of carbonyl (C=O) groups excluding carboxylic acids is 4. The summed E-state index contributed by atoms with van der Waals surface area (Å²) in [5.41, 5.74) is 2.18. The van der Waals surface area contributed by atoms with Crippen molar-refractivity contribution in [2.45, 2.75) is 17.5 Å². The largest absolute Gasteiger partial charge is 0.448 e. The zero-order valence-corrected chi connectivity index (χ0v) is 27.6. The highest BCUT2D eigenvalue weighted by Gasteiger charge is 2.54. The lowest BCUT2D eigenvalue weighted by molar-refractivity contribution is -0.154. The van der Waals surface area contributed by atoms with Crippen LogP contribution in [0.2, 0.25) is 0 Å². The van der Waals surface area contributed by atoms with Gasteiger partial charge < -0.3 is 20.2 Å². The van der Waals surface area contributed by atoms with Crippen molar-refractivity contribution < 1.29 is 28.8 Å². The Morgan fingerprint density at radius 2 is 1.77 bits per heavy atom. The molecule has 2 aliphatic heterocycles. The molecule has 11 nitrogen and oxygen atoms in total. The summed E-state index contributed by atoms with van der Waals surface area (Å²) in [7, 11) is 1.27. The summed E-state index contributed by atoms with van der Waals surface area (Å²) in [5, 5.41) is 10.1. The maximum absolute atomic E-state index is 13.9. The number of benzene rings is 2. The van der Waals surface area contributed by atoms with E-state index in [0.29, 0.717) is 21.1 Å². The van der Waals surface area contributed by atoms with E-state index >= 15 is 0 Å². The molecule has 2 aromatic carbocycles. The number of fused-ring (bicyclic) bond motifs is 1. The van der Waals surface area contributed by atoms with Crippen LogP contribution in [0.15, 0.2) is 91.9 Å². The van der Waals surface area contributed by atoms with E-state index < -0.39 is 35.3 Å². The molecule has 1 saturated heterocycles. The number of anilines is 1. The summed E-state index contributed by atoms with van der Waals surface area (Å²) in [6.45, 7) is 0. The molecule has 2 N–H and O–H groups in total. The Labute approximate surface area is 277 Å². The van der Waals surface area contributed by atoms with E-state index in [1.807, 2.05) is 60.7 Å². The first-order valence-electron chi connectivity index (χ1n) is 12.9. The molecule has 3 heterocycles. The van der Waals surface area contributed by atoms with Gasteiger partial charge in [-0.3, -0.25) is 19.3 Å². The molecule has 1 unspecified atom stereocenters. The fraction of sp³-hybridized carbons (Fsp3) is 0.172. The molecule has 3 aromatic rings. The molecular weight excluding hydrogens is 738 g/mol. The number of rotatable bonds is 11. The van der Waals surface area contributed by atoms with E-state index in [-0.39, 0.29) is 22.2 Å². The van der Waals surface area contributed by atoms with Crippen molar-refractivity contribution in [3.63, 3.8) is 0 Å². The van der Waals surface area contributed by atoms with Crippen LogP contribution in [0.5, 0.6) is 0 Å². The zero-order chi connectivity index (χ0) is 31.2. The Kier molecular flexibility index (Phi) is 10.3. The Morgan fingerprint density at radius 1 is 1.11 bits per heavy atom. The van der Waals surface area contributed by atoms with Gasteiger partial charge in [-0.25, -0.2) is 9.78 Å². The van der Waals surface area contributed by atoms with Gasteiger partial charge in [-0.2, -0.15) is 0 Å². The molecule has 0 radical (unpaired) electrons. The van der Waals surface area contributed by atoms with Gasteiger partial charge in [0.05, 0.1) is 3.39 Å². The van der Waals surface area contributed by atoms with Gasteiger partial charge in [0.2, 0.25) is 6.41 Å². The molecule has 2 aliphatic rings. The predicted octanol–water partition coefficient (Wildman–Crippen LogP) is 4.68. The number of nitrogens with zero attached hydrogens (tertiary/aromatic N) is 3. The number of oxime groups is 1. The molecule has 3 amide bonds. The number of thiazole rings is 1. The summed E-state index contributed by atoms with van der Waals surface area (Å²) in [5.74, 6) is -1.52. The Hall–Kier alpha value is -3.79. The van der Waals surface area contributed by atoms with Crippen LogP contribution in [0, 0.1) is 0 Å². The Bertz CT molecular complexity index is 1620. The first-order chi connectivity index (χ1) is 21.3. The summed E-state index contributed by atoms with van der Waals surface area (Å²) in [4.78, 5) is 61.9. The van der Waals surface area contributed by atoms with E-state index in [4.69, 9.17) is 9.57 Å². The predicted molar refractivity (Wildman–Crippen MR) is 174 cm³/mol. The van der Waals surface area contributed by atoms with Crippen LogP contribution in [-0.2, 0) is 28.8 Å². The molecule has 2 atom stereocenters. The maximum atomic E-state index is 13.9. The average Bonchev–Trinajstić information content (AvgIpc) is 3.49. The molecule has 5 rings (SSSR count). The lowest BCUT2D eigenvalue weighted by Crippen LogP contribution is -2.71. The standard InChI is InChI=1S/C29H23Br2N5O6S2/c1-41-35-21(19-14-44-29(33-19)32-15-37)25(38)34-22-26(39)36-23(18(12-20(30)31)13-43-27(22)36)28(40)42-24(16-8-4-2-5-9-16)17-10-6-3-7-11-17/h2-12,14-15,22,24,27H,13H2,1H3,(H,34,38)(H,32,33,37)/t22?,27-/m0/s1. The summed E-state index contributed by atoms with van der Waals surface area (Å²) in [6.07, 6.45) is 1.45. The second-order valence-electron chi connectivity index (χ2n) is 9.20. The van der Waals surface area contributed by atoms with E-state index in [1.165, 1.54) is 29.2 Å². The number of allylic oxidation sites excluding steroid dienone is 1. The zero-order valence-electron chi connectivity index (χ0n) is 22.8. The van der Waals surface area contributed by atoms with Crippen LogP contribution in [0.4, 0.5) is 5.13 Å². The van der Waals surface area contributed by atoms with Crippen molar-refractivity contribution in [2.24, 2.45) is 5.16 Å². The number of amides is 3. The number of halogens is 2. The number of esters is 1. The fourth-order valence-corrected chi connectivity index (χ4v) is 7.14. The van der Waals surface area contributed by atoms with Crippen LogP contribution in [0.3, 0.4) is 0 Å². The summed E-state index contributed by atoms with van der Waals surface area (Å²) < 4.78 is 6.70. The fourth-order valence-electron chi connectivity index (χ4n) is 4.63. The lowest BCUT2D eigenvalue weighted by atomic mass is 10.0. The molecule has 0 bridgehead atoms. The number of carbonyl (C=O) groups is 4. The smallest absolute Gasteiger partial charge is 0.356 e. The number of ether oxygens (including phenoxy) is 1. The second-order valence-corrected chi connectivity index (χ2v) is 13.9. The summed E-state index contributed by atoms with van der Waals surface area (Å²) in [6, 6.07) is 17.7. The van der Waals surface area contributed by atoms with E-state index in [2.05, 4.69) is 52.6 Å². The Morgan fingerprint density at radius 3 is 2.36 bits per heavy atom. The van der Waals surface area contributed by atoms with Crippen molar-refractivity contribution >= 4 is 90.0 Å². The second kappa shape index (κ2) is 14.3. The SMILES string of the molecule is CON=C(C(=O)NC1C(=O)N2C(C(=O)OC(c3ccccc3)c3ccccc3)=C(C=C(Br)Br)CS[C@@H]12)c1csc(NC=O)n1. The number of thioether (sulfide) groups is 1. The molecular formula is C29H23Br2N5O6S2. The minimum Gasteiger partial charge on any atom is -0.448 e. The van der Waals surface area contributed by atoms with Gasteiger partial charge in [-0.05, 0) is 54.6 Å². The monoisotopic (exact) mass is 759 g/mol. The quantitative estimate of drug-likeness (QED) is 0.0945. The molecule has 0 saturated carbocycles. The van der Waals surface area contributed by atoms with Gasteiger partial charge in [-0.15, -0.1) is 23.1 Å². The van der Waals surface area contributed by atoms with Crippen LogP contribution in [0.1, 0.15) is 22.9 Å². The van der Waals surface area contributed by atoms with Gasteiger partial charge in [0.25, 0.3) is 11.8 Å². The molecule has 15 heteroatoms. The minimum atomic E-state index is -0.958. The van der Waals surface area contributed by atoms with Gasteiger partial charge >= 0.3 is 5.97 Å².